The molecule has 1 unspecified atom stereocenters. The van der Waals surface area contributed by atoms with Gasteiger partial charge < -0.3 is 4.90 Å². The lowest BCUT2D eigenvalue weighted by atomic mass is 9.90. The number of aromatic nitrogens is 3. The third-order valence-electron chi connectivity index (χ3n) is 5.76. The fourth-order valence-corrected chi connectivity index (χ4v) is 4.68. The van der Waals surface area contributed by atoms with Crippen molar-refractivity contribution < 1.29 is 4.79 Å². The summed E-state index contributed by atoms with van der Waals surface area (Å²) in [4.78, 5) is 21.7. The maximum Gasteiger partial charge on any atom is 0.274 e. The van der Waals surface area contributed by atoms with Crippen LogP contribution in [0.25, 0.3) is 0 Å². The molecule has 0 saturated heterocycles. The van der Waals surface area contributed by atoms with Gasteiger partial charge in [-0.2, -0.15) is 5.10 Å². The smallest absolute Gasteiger partial charge is 0.274 e. The van der Waals surface area contributed by atoms with Crippen molar-refractivity contribution in [1.29, 1.82) is 0 Å². The van der Waals surface area contributed by atoms with Crippen LogP contribution in [-0.4, -0.2) is 50.6 Å². The first-order chi connectivity index (χ1) is 14.0. The van der Waals surface area contributed by atoms with Gasteiger partial charge in [-0.05, 0) is 31.9 Å². The standard InChI is InChI=1S/C22H27N5OS/c1-25(13-17-14-29-15-23-17)18-9-10-20-19(11-18)21(24-27(20)3)22(28)26(2)12-16-7-5-4-6-8-16/h4-8,14-15,18H,9-13H2,1-3H3. The first kappa shape index (κ1) is 19.8. The van der Waals surface area contributed by atoms with E-state index < -0.39 is 0 Å². The van der Waals surface area contributed by atoms with Gasteiger partial charge in [-0.1, -0.05) is 30.3 Å². The third-order valence-corrected chi connectivity index (χ3v) is 6.39. The number of hydrogen-bond donors (Lipinski definition) is 0. The minimum absolute atomic E-state index is 0.00601. The van der Waals surface area contributed by atoms with Crippen LogP contribution in [0.15, 0.2) is 41.2 Å². The van der Waals surface area contributed by atoms with Crippen molar-refractivity contribution in [3.63, 3.8) is 0 Å². The second-order valence-corrected chi connectivity index (χ2v) is 8.55. The summed E-state index contributed by atoms with van der Waals surface area (Å²) in [7, 11) is 5.95. The first-order valence-corrected chi connectivity index (χ1v) is 10.9. The summed E-state index contributed by atoms with van der Waals surface area (Å²) in [5.41, 5.74) is 7.01. The highest BCUT2D eigenvalue weighted by molar-refractivity contribution is 7.07. The van der Waals surface area contributed by atoms with E-state index in [1.165, 1.54) is 5.69 Å². The van der Waals surface area contributed by atoms with Crippen LogP contribution in [0.4, 0.5) is 0 Å². The highest BCUT2D eigenvalue weighted by atomic mass is 32.1. The van der Waals surface area contributed by atoms with Crippen LogP contribution in [0, 0.1) is 0 Å². The number of aryl methyl sites for hydroxylation is 1. The molecular formula is C22H27N5OS. The predicted octanol–water partition coefficient (Wildman–Crippen LogP) is 3.14. The molecule has 1 aromatic carbocycles. The van der Waals surface area contributed by atoms with Crippen molar-refractivity contribution in [2.24, 2.45) is 7.05 Å². The molecule has 4 rings (SSSR count). The molecule has 2 heterocycles. The second-order valence-electron chi connectivity index (χ2n) is 7.84. The molecule has 0 fully saturated rings. The average molecular weight is 410 g/mol. The highest BCUT2D eigenvalue weighted by Gasteiger charge is 2.31. The van der Waals surface area contributed by atoms with E-state index in [0.29, 0.717) is 18.3 Å². The number of likely N-dealkylation sites (N-methyl/N-ethyl adjacent to an activating group) is 1. The Kier molecular flexibility index (Phi) is 5.78. The Morgan fingerprint density at radius 3 is 2.76 bits per heavy atom. The van der Waals surface area contributed by atoms with Gasteiger partial charge in [0, 0.05) is 49.9 Å². The molecule has 1 atom stereocenters. The van der Waals surface area contributed by atoms with Gasteiger partial charge in [0.2, 0.25) is 0 Å². The average Bonchev–Trinajstić information content (AvgIpc) is 3.35. The van der Waals surface area contributed by atoms with Crippen LogP contribution in [0.2, 0.25) is 0 Å². The molecule has 29 heavy (non-hydrogen) atoms. The SMILES string of the molecule is CN(Cc1ccccc1)C(=O)c1nn(C)c2c1CC(N(C)Cc1cscn1)CC2. The van der Waals surface area contributed by atoms with Crippen LogP contribution in [0.3, 0.4) is 0 Å². The number of carbonyl (C=O) groups excluding carboxylic acids is 1. The number of nitrogens with zero attached hydrogens (tertiary/aromatic N) is 5. The van der Waals surface area contributed by atoms with E-state index in [2.05, 4.69) is 27.4 Å². The minimum atomic E-state index is -0.00601. The van der Waals surface area contributed by atoms with Crippen molar-refractivity contribution in [2.75, 3.05) is 14.1 Å². The molecule has 1 aliphatic carbocycles. The molecular weight excluding hydrogens is 382 g/mol. The fourth-order valence-electron chi connectivity index (χ4n) is 4.13. The number of fused-ring (bicyclic) bond motifs is 1. The molecule has 2 aromatic heterocycles. The Hall–Kier alpha value is -2.51. The molecule has 6 nitrogen and oxygen atoms in total. The Balaban J connectivity index is 1.51. The Morgan fingerprint density at radius 1 is 1.24 bits per heavy atom. The number of rotatable bonds is 6. The van der Waals surface area contributed by atoms with Crippen LogP contribution in [0.1, 0.15) is 39.4 Å². The number of carbonyl (C=O) groups is 1. The number of benzene rings is 1. The molecule has 7 heteroatoms. The van der Waals surface area contributed by atoms with Gasteiger partial charge in [0.25, 0.3) is 5.91 Å². The van der Waals surface area contributed by atoms with E-state index in [1.54, 1.807) is 16.2 Å². The molecule has 0 N–H and O–H groups in total. The Labute approximate surface area is 175 Å². The van der Waals surface area contributed by atoms with Gasteiger partial charge in [0.1, 0.15) is 0 Å². The molecule has 0 saturated carbocycles. The maximum atomic E-state index is 13.2. The first-order valence-electron chi connectivity index (χ1n) is 9.94. The van der Waals surface area contributed by atoms with Gasteiger partial charge in [0.05, 0.1) is 11.2 Å². The lowest BCUT2D eigenvalue weighted by Gasteiger charge is -2.31. The van der Waals surface area contributed by atoms with Gasteiger partial charge >= 0.3 is 0 Å². The van der Waals surface area contributed by atoms with Crippen molar-refractivity contribution in [3.05, 3.63) is 69.4 Å². The van der Waals surface area contributed by atoms with Gasteiger partial charge in [0.15, 0.2) is 5.69 Å². The summed E-state index contributed by atoms with van der Waals surface area (Å²) in [6, 6.07) is 10.5. The molecule has 1 amide bonds. The van der Waals surface area contributed by atoms with E-state index in [-0.39, 0.29) is 5.91 Å². The minimum Gasteiger partial charge on any atom is -0.336 e. The van der Waals surface area contributed by atoms with Crippen LogP contribution < -0.4 is 0 Å². The summed E-state index contributed by atoms with van der Waals surface area (Å²) in [6.07, 6.45) is 2.87. The third kappa shape index (κ3) is 4.26. The van der Waals surface area contributed by atoms with E-state index in [0.717, 1.165) is 42.6 Å². The zero-order valence-electron chi connectivity index (χ0n) is 17.2. The second kappa shape index (κ2) is 8.47. The molecule has 3 aromatic rings. The van der Waals surface area contributed by atoms with Crippen LogP contribution in [0.5, 0.6) is 0 Å². The lowest BCUT2D eigenvalue weighted by Crippen LogP contribution is -2.37. The number of amides is 1. The van der Waals surface area contributed by atoms with Crippen molar-refractivity contribution in [2.45, 2.75) is 38.4 Å². The highest BCUT2D eigenvalue weighted by Crippen LogP contribution is 2.28. The summed E-state index contributed by atoms with van der Waals surface area (Å²) >= 11 is 1.63. The summed E-state index contributed by atoms with van der Waals surface area (Å²) < 4.78 is 1.90. The molecule has 1 aliphatic rings. The van der Waals surface area contributed by atoms with Gasteiger partial charge in [-0.3, -0.25) is 14.4 Å². The number of thiazole rings is 1. The van der Waals surface area contributed by atoms with Gasteiger partial charge in [-0.25, -0.2) is 4.98 Å². The van der Waals surface area contributed by atoms with E-state index in [9.17, 15) is 4.79 Å². The molecule has 0 aliphatic heterocycles. The number of hydrogen-bond acceptors (Lipinski definition) is 5. The molecule has 0 bridgehead atoms. The van der Waals surface area contributed by atoms with Crippen molar-refractivity contribution in [3.8, 4) is 0 Å². The topological polar surface area (TPSA) is 54.3 Å². The van der Waals surface area contributed by atoms with E-state index in [4.69, 9.17) is 0 Å². The predicted molar refractivity (Wildman–Crippen MR) is 115 cm³/mol. The van der Waals surface area contributed by atoms with E-state index >= 15 is 0 Å². The molecule has 152 valence electrons. The summed E-state index contributed by atoms with van der Waals surface area (Å²) in [6.45, 7) is 1.42. The lowest BCUT2D eigenvalue weighted by molar-refractivity contribution is 0.0776. The largest absolute Gasteiger partial charge is 0.336 e. The monoisotopic (exact) mass is 409 g/mol. The van der Waals surface area contributed by atoms with Gasteiger partial charge in [-0.15, -0.1) is 11.3 Å². The van der Waals surface area contributed by atoms with Crippen molar-refractivity contribution in [1.82, 2.24) is 24.6 Å². The fraction of sp³-hybridized carbons (Fsp3) is 0.409. The molecule has 0 spiro atoms. The zero-order chi connectivity index (χ0) is 20.4. The Morgan fingerprint density at radius 2 is 2.03 bits per heavy atom. The normalized spacial score (nSPS) is 16.1. The molecule has 0 radical (unpaired) electrons. The summed E-state index contributed by atoms with van der Waals surface area (Å²) in [5.74, 6) is -0.00601. The Bertz CT molecular complexity index is 967. The zero-order valence-corrected chi connectivity index (χ0v) is 18.0. The quantitative estimate of drug-likeness (QED) is 0.628. The summed E-state index contributed by atoms with van der Waals surface area (Å²) in [5, 5.41) is 6.72. The van der Waals surface area contributed by atoms with Crippen LogP contribution >= 0.6 is 11.3 Å². The van der Waals surface area contributed by atoms with Crippen LogP contribution in [-0.2, 0) is 33.0 Å². The van der Waals surface area contributed by atoms with E-state index in [1.807, 2.05) is 54.6 Å². The van der Waals surface area contributed by atoms with Crippen molar-refractivity contribution >= 4 is 17.2 Å². The maximum absolute atomic E-state index is 13.2.